The molecular formula is C14H25N3. The zero-order chi connectivity index (χ0) is 12.3. The van der Waals surface area contributed by atoms with E-state index in [4.69, 9.17) is 0 Å². The number of nitrogens with zero attached hydrogens (tertiary/aromatic N) is 2. The highest BCUT2D eigenvalue weighted by Gasteiger charge is 2.45. The Balaban J connectivity index is 2.18. The fourth-order valence-electron chi connectivity index (χ4n) is 3.52. The lowest BCUT2D eigenvalue weighted by Gasteiger charge is -2.47. The minimum absolute atomic E-state index is 0.191. The number of nitriles is 1. The SMILES string of the molecule is CC1CCC(C)C(C#N)(N2CCCNCC2)C1. The quantitative estimate of drug-likeness (QED) is 0.755. The first-order chi connectivity index (χ1) is 8.19. The van der Waals surface area contributed by atoms with E-state index in [0.29, 0.717) is 11.8 Å². The molecule has 0 aromatic carbocycles. The third-order valence-electron chi connectivity index (χ3n) is 4.67. The normalized spacial score (nSPS) is 40.5. The highest BCUT2D eigenvalue weighted by molar-refractivity contribution is 5.14. The summed E-state index contributed by atoms with van der Waals surface area (Å²) < 4.78 is 0. The molecule has 0 spiro atoms. The number of hydrogen-bond acceptors (Lipinski definition) is 3. The predicted molar refractivity (Wildman–Crippen MR) is 69.6 cm³/mol. The molecule has 1 aliphatic heterocycles. The monoisotopic (exact) mass is 235 g/mol. The third kappa shape index (κ3) is 2.48. The van der Waals surface area contributed by atoms with Gasteiger partial charge in [-0.3, -0.25) is 4.90 Å². The molecule has 3 atom stereocenters. The summed E-state index contributed by atoms with van der Waals surface area (Å²) >= 11 is 0. The van der Waals surface area contributed by atoms with Crippen LogP contribution in [-0.4, -0.2) is 36.6 Å². The molecule has 2 fully saturated rings. The maximum atomic E-state index is 9.76. The van der Waals surface area contributed by atoms with Crippen molar-refractivity contribution in [2.45, 2.75) is 45.1 Å². The molecule has 1 saturated heterocycles. The molecule has 0 bridgehead atoms. The molecule has 1 aliphatic carbocycles. The van der Waals surface area contributed by atoms with Crippen molar-refractivity contribution in [1.82, 2.24) is 10.2 Å². The van der Waals surface area contributed by atoms with E-state index in [1.165, 1.54) is 19.3 Å². The summed E-state index contributed by atoms with van der Waals surface area (Å²) in [5, 5.41) is 13.2. The molecule has 1 N–H and O–H groups in total. The molecule has 2 aliphatic rings. The van der Waals surface area contributed by atoms with Crippen LogP contribution in [0.2, 0.25) is 0 Å². The molecule has 96 valence electrons. The second-order valence-electron chi connectivity index (χ2n) is 5.91. The van der Waals surface area contributed by atoms with E-state index in [9.17, 15) is 5.26 Å². The van der Waals surface area contributed by atoms with Crippen LogP contribution in [0.25, 0.3) is 0 Å². The van der Waals surface area contributed by atoms with E-state index in [1.54, 1.807) is 0 Å². The summed E-state index contributed by atoms with van der Waals surface area (Å²) in [4.78, 5) is 2.47. The van der Waals surface area contributed by atoms with Crippen LogP contribution in [0, 0.1) is 23.2 Å². The first-order valence-corrected chi connectivity index (χ1v) is 7.06. The van der Waals surface area contributed by atoms with E-state index in [-0.39, 0.29) is 5.54 Å². The summed E-state index contributed by atoms with van der Waals surface area (Å²) in [5.41, 5.74) is -0.191. The molecule has 0 amide bonds. The van der Waals surface area contributed by atoms with Gasteiger partial charge in [0, 0.05) is 19.6 Å². The van der Waals surface area contributed by atoms with Crippen LogP contribution in [-0.2, 0) is 0 Å². The molecule has 0 radical (unpaired) electrons. The molecule has 2 rings (SSSR count). The third-order valence-corrected chi connectivity index (χ3v) is 4.67. The molecule has 0 aromatic heterocycles. The summed E-state index contributed by atoms with van der Waals surface area (Å²) in [6, 6.07) is 2.69. The van der Waals surface area contributed by atoms with Gasteiger partial charge in [-0.05, 0) is 37.6 Å². The van der Waals surface area contributed by atoms with Crippen molar-refractivity contribution in [2.75, 3.05) is 26.2 Å². The number of hydrogen-bond donors (Lipinski definition) is 1. The average molecular weight is 235 g/mol. The van der Waals surface area contributed by atoms with Crippen molar-refractivity contribution < 1.29 is 0 Å². The highest BCUT2D eigenvalue weighted by Crippen LogP contribution is 2.40. The standard InChI is InChI=1S/C14H25N3/c1-12-4-5-13(2)14(10-12,11-15)17-8-3-6-16-7-9-17/h12-13,16H,3-10H2,1-2H3. The van der Waals surface area contributed by atoms with Crippen LogP contribution >= 0.6 is 0 Å². The van der Waals surface area contributed by atoms with Crippen molar-refractivity contribution in [1.29, 1.82) is 5.26 Å². The van der Waals surface area contributed by atoms with Gasteiger partial charge in [0.2, 0.25) is 0 Å². The number of rotatable bonds is 1. The molecule has 1 heterocycles. The molecule has 17 heavy (non-hydrogen) atoms. The molecule has 1 saturated carbocycles. The second-order valence-corrected chi connectivity index (χ2v) is 5.91. The molecule has 0 aromatic rings. The minimum Gasteiger partial charge on any atom is -0.315 e. The smallest absolute Gasteiger partial charge is 0.112 e. The summed E-state index contributed by atoms with van der Waals surface area (Å²) in [6.07, 6.45) is 4.73. The predicted octanol–water partition coefficient (Wildman–Crippen LogP) is 2.00. The lowest BCUT2D eigenvalue weighted by molar-refractivity contribution is 0.0386. The molecular weight excluding hydrogens is 210 g/mol. The fourth-order valence-corrected chi connectivity index (χ4v) is 3.52. The van der Waals surface area contributed by atoms with Crippen LogP contribution in [0.5, 0.6) is 0 Å². The van der Waals surface area contributed by atoms with Gasteiger partial charge in [0.1, 0.15) is 5.54 Å². The Morgan fingerprint density at radius 3 is 2.82 bits per heavy atom. The lowest BCUT2D eigenvalue weighted by atomic mass is 9.69. The summed E-state index contributed by atoms with van der Waals surface area (Å²) in [7, 11) is 0. The van der Waals surface area contributed by atoms with E-state index in [1.807, 2.05) is 0 Å². The van der Waals surface area contributed by atoms with E-state index >= 15 is 0 Å². The average Bonchev–Trinajstić information content (AvgIpc) is 2.61. The fraction of sp³-hybridized carbons (Fsp3) is 0.929. The minimum atomic E-state index is -0.191. The Morgan fingerprint density at radius 1 is 1.24 bits per heavy atom. The number of nitrogens with one attached hydrogen (secondary N) is 1. The van der Waals surface area contributed by atoms with Gasteiger partial charge in [-0.1, -0.05) is 20.3 Å². The maximum absolute atomic E-state index is 9.76. The summed E-state index contributed by atoms with van der Waals surface area (Å²) in [6.45, 7) is 8.82. The van der Waals surface area contributed by atoms with Gasteiger partial charge in [0.25, 0.3) is 0 Å². The van der Waals surface area contributed by atoms with Crippen LogP contribution < -0.4 is 5.32 Å². The lowest BCUT2D eigenvalue weighted by Crippen LogP contribution is -2.56. The van der Waals surface area contributed by atoms with Gasteiger partial charge < -0.3 is 5.32 Å². The van der Waals surface area contributed by atoms with Crippen LogP contribution in [0.4, 0.5) is 0 Å². The van der Waals surface area contributed by atoms with Crippen molar-refractivity contribution in [3.63, 3.8) is 0 Å². The van der Waals surface area contributed by atoms with Crippen LogP contribution in [0.1, 0.15) is 39.5 Å². The Labute approximate surface area is 105 Å². The summed E-state index contributed by atoms with van der Waals surface area (Å²) in [5.74, 6) is 1.21. The molecule has 3 nitrogen and oxygen atoms in total. The van der Waals surface area contributed by atoms with Crippen LogP contribution in [0.3, 0.4) is 0 Å². The second kappa shape index (κ2) is 5.37. The van der Waals surface area contributed by atoms with Gasteiger partial charge in [-0.2, -0.15) is 5.26 Å². The van der Waals surface area contributed by atoms with E-state index in [2.05, 4.69) is 30.1 Å². The molecule has 3 unspecified atom stereocenters. The van der Waals surface area contributed by atoms with Crippen LogP contribution in [0.15, 0.2) is 0 Å². The Kier molecular flexibility index (Phi) is 4.06. The van der Waals surface area contributed by atoms with Gasteiger partial charge in [-0.15, -0.1) is 0 Å². The Morgan fingerprint density at radius 2 is 2.06 bits per heavy atom. The van der Waals surface area contributed by atoms with Crippen molar-refractivity contribution >= 4 is 0 Å². The van der Waals surface area contributed by atoms with Gasteiger partial charge in [0.15, 0.2) is 0 Å². The largest absolute Gasteiger partial charge is 0.315 e. The van der Waals surface area contributed by atoms with E-state index < -0.39 is 0 Å². The first kappa shape index (κ1) is 12.9. The van der Waals surface area contributed by atoms with Gasteiger partial charge in [-0.25, -0.2) is 0 Å². The molecule has 3 heteroatoms. The Hall–Kier alpha value is -0.590. The van der Waals surface area contributed by atoms with Gasteiger partial charge >= 0.3 is 0 Å². The van der Waals surface area contributed by atoms with Gasteiger partial charge in [0.05, 0.1) is 6.07 Å². The topological polar surface area (TPSA) is 39.1 Å². The zero-order valence-corrected chi connectivity index (χ0v) is 11.2. The zero-order valence-electron chi connectivity index (χ0n) is 11.2. The van der Waals surface area contributed by atoms with Crippen molar-refractivity contribution in [2.24, 2.45) is 11.8 Å². The first-order valence-electron chi connectivity index (χ1n) is 7.06. The highest BCUT2D eigenvalue weighted by atomic mass is 15.2. The van der Waals surface area contributed by atoms with Crippen molar-refractivity contribution in [3.8, 4) is 6.07 Å². The maximum Gasteiger partial charge on any atom is 0.112 e. The van der Waals surface area contributed by atoms with E-state index in [0.717, 1.165) is 32.6 Å². The van der Waals surface area contributed by atoms with Crippen molar-refractivity contribution in [3.05, 3.63) is 0 Å². The Bertz CT molecular complexity index is 288.